The Bertz CT molecular complexity index is 471. The van der Waals surface area contributed by atoms with E-state index in [0.717, 1.165) is 0 Å². The van der Waals surface area contributed by atoms with Crippen LogP contribution in [0.2, 0.25) is 0 Å². The van der Waals surface area contributed by atoms with Gasteiger partial charge in [0, 0.05) is 0 Å². The quantitative estimate of drug-likeness (QED) is 0.771. The van der Waals surface area contributed by atoms with Crippen molar-refractivity contribution in [3.8, 4) is 0 Å². The molecule has 2 aromatic rings. The van der Waals surface area contributed by atoms with Crippen LogP contribution in [-0.2, 0) is 4.84 Å². The van der Waals surface area contributed by atoms with Crippen LogP contribution in [0.15, 0.2) is 48.5 Å². The van der Waals surface area contributed by atoms with E-state index in [1.165, 1.54) is 16.3 Å². The molecule has 0 aromatic heterocycles. The third kappa shape index (κ3) is 2.24. The lowest BCUT2D eigenvalue weighted by molar-refractivity contribution is 0.168. The fraction of sp³-hybridized carbons (Fsp3) is 0.0769. The molecule has 2 rings (SSSR count). The third-order valence-corrected chi connectivity index (χ3v) is 2.31. The van der Waals surface area contributed by atoms with Gasteiger partial charge in [-0.2, -0.15) is 0 Å². The van der Waals surface area contributed by atoms with Gasteiger partial charge in [0.1, 0.15) is 0 Å². The Balaban J connectivity index is 2.42. The van der Waals surface area contributed by atoms with Crippen molar-refractivity contribution in [2.24, 2.45) is 5.90 Å². The zero-order valence-electron chi connectivity index (χ0n) is 8.39. The Morgan fingerprint density at radius 1 is 1.07 bits per heavy atom. The van der Waals surface area contributed by atoms with Crippen LogP contribution in [0.3, 0.4) is 0 Å². The fourth-order valence-corrected chi connectivity index (χ4v) is 1.63. The summed E-state index contributed by atoms with van der Waals surface area (Å²) in [6.07, 6.45) is 3.93. The number of nitrogens with two attached hydrogens (primary N) is 1. The smallest absolute Gasteiger partial charge is 0.0864 e. The van der Waals surface area contributed by atoms with Gasteiger partial charge in [0.25, 0.3) is 0 Å². The van der Waals surface area contributed by atoms with Crippen molar-refractivity contribution in [1.29, 1.82) is 0 Å². The van der Waals surface area contributed by atoms with Gasteiger partial charge in [-0.1, -0.05) is 54.6 Å². The second-order valence-corrected chi connectivity index (χ2v) is 3.30. The predicted molar refractivity (Wildman–Crippen MR) is 63.1 cm³/mol. The Labute approximate surface area is 88.9 Å². The highest BCUT2D eigenvalue weighted by Crippen LogP contribution is 2.19. The van der Waals surface area contributed by atoms with E-state index in [4.69, 9.17) is 5.90 Å². The van der Waals surface area contributed by atoms with Gasteiger partial charge in [0.2, 0.25) is 0 Å². The molecule has 0 spiro atoms. The zero-order chi connectivity index (χ0) is 10.5. The van der Waals surface area contributed by atoms with Crippen LogP contribution in [0.5, 0.6) is 0 Å². The van der Waals surface area contributed by atoms with Gasteiger partial charge >= 0.3 is 0 Å². The summed E-state index contributed by atoms with van der Waals surface area (Å²) in [5, 5.41) is 2.49. The third-order valence-electron chi connectivity index (χ3n) is 2.31. The first-order valence-electron chi connectivity index (χ1n) is 4.88. The highest BCUT2D eigenvalue weighted by Gasteiger charge is 1.95. The van der Waals surface area contributed by atoms with E-state index < -0.39 is 0 Å². The van der Waals surface area contributed by atoms with Gasteiger partial charge in [0.05, 0.1) is 6.61 Å². The summed E-state index contributed by atoms with van der Waals surface area (Å²) in [7, 11) is 0. The van der Waals surface area contributed by atoms with Crippen molar-refractivity contribution >= 4 is 16.8 Å². The fourth-order valence-electron chi connectivity index (χ4n) is 1.63. The molecular formula is C13H13NO. The van der Waals surface area contributed by atoms with E-state index in [1.807, 2.05) is 30.4 Å². The van der Waals surface area contributed by atoms with Crippen molar-refractivity contribution in [3.05, 3.63) is 54.1 Å². The molecule has 2 aromatic carbocycles. The van der Waals surface area contributed by atoms with Crippen molar-refractivity contribution in [1.82, 2.24) is 0 Å². The molecule has 0 saturated carbocycles. The summed E-state index contributed by atoms with van der Waals surface area (Å²) in [4.78, 5) is 4.49. The molecule has 0 heterocycles. The van der Waals surface area contributed by atoms with Crippen molar-refractivity contribution in [2.75, 3.05) is 6.61 Å². The largest absolute Gasteiger partial charge is 0.300 e. The number of benzene rings is 2. The Morgan fingerprint density at radius 3 is 2.73 bits per heavy atom. The topological polar surface area (TPSA) is 35.2 Å². The Hall–Kier alpha value is -1.64. The second-order valence-electron chi connectivity index (χ2n) is 3.30. The van der Waals surface area contributed by atoms with Gasteiger partial charge in [-0.25, -0.2) is 5.90 Å². The van der Waals surface area contributed by atoms with E-state index in [0.29, 0.717) is 6.61 Å². The molecule has 2 N–H and O–H groups in total. The summed E-state index contributed by atoms with van der Waals surface area (Å²) < 4.78 is 0. The maximum Gasteiger partial charge on any atom is 0.0864 e. The van der Waals surface area contributed by atoms with E-state index in [-0.39, 0.29) is 0 Å². The lowest BCUT2D eigenvalue weighted by Gasteiger charge is -2.01. The standard InChI is InChI=1S/C13H13NO/c14-15-10-4-8-12-7-3-6-11-5-1-2-9-13(11)12/h1-9H,10,14H2. The highest BCUT2D eigenvalue weighted by molar-refractivity contribution is 5.90. The molecule has 0 saturated heterocycles. The molecule has 0 bridgehead atoms. The van der Waals surface area contributed by atoms with Gasteiger partial charge in [-0.15, -0.1) is 0 Å². The summed E-state index contributed by atoms with van der Waals surface area (Å²) in [6.45, 7) is 0.434. The maximum atomic E-state index is 4.95. The zero-order valence-corrected chi connectivity index (χ0v) is 8.39. The van der Waals surface area contributed by atoms with Gasteiger partial charge in [-0.3, -0.25) is 0 Å². The highest BCUT2D eigenvalue weighted by atomic mass is 16.6. The molecule has 2 heteroatoms. The van der Waals surface area contributed by atoms with Crippen LogP contribution < -0.4 is 5.90 Å². The minimum atomic E-state index is 0.434. The van der Waals surface area contributed by atoms with Crippen molar-refractivity contribution in [2.45, 2.75) is 0 Å². The van der Waals surface area contributed by atoms with E-state index >= 15 is 0 Å². The van der Waals surface area contributed by atoms with E-state index in [1.54, 1.807) is 0 Å². The predicted octanol–water partition coefficient (Wildman–Crippen LogP) is 2.74. The molecule has 0 unspecified atom stereocenters. The minimum absolute atomic E-state index is 0.434. The molecule has 2 nitrogen and oxygen atoms in total. The number of rotatable bonds is 3. The van der Waals surface area contributed by atoms with Crippen LogP contribution in [0.1, 0.15) is 5.56 Å². The molecule has 0 atom stereocenters. The first kappa shape index (κ1) is 9.90. The van der Waals surface area contributed by atoms with E-state index in [2.05, 4.69) is 29.1 Å². The summed E-state index contributed by atoms with van der Waals surface area (Å²) >= 11 is 0. The molecule has 0 aliphatic carbocycles. The number of hydrogen-bond acceptors (Lipinski definition) is 2. The number of fused-ring (bicyclic) bond motifs is 1. The van der Waals surface area contributed by atoms with Gasteiger partial charge < -0.3 is 4.84 Å². The first-order valence-corrected chi connectivity index (χ1v) is 4.88. The molecule has 15 heavy (non-hydrogen) atoms. The molecular weight excluding hydrogens is 186 g/mol. The van der Waals surface area contributed by atoms with E-state index in [9.17, 15) is 0 Å². The SMILES string of the molecule is NOCC=Cc1cccc2ccccc12. The van der Waals surface area contributed by atoms with Crippen molar-refractivity contribution in [3.63, 3.8) is 0 Å². The number of hydrogen-bond donors (Lipinski definition) is 1. The second kappa shape index (κ2) is 4.73. The average molecular weight is 199 g/mol. The Kier molecular flexibility index (Phi) is 3.12. The van der Waals surface area contributed by atoms with Crippen molar-refractivity contribution < 1.29 is 4.84 Å². The van der Waals surface area contributed by atoms with Crippen LogP contribution in [0.4, 0.5) is 0 Å². The molecule has 0 amide bonds. The monoisotopic (exact) mass is 199 g/mol. The summed E-state index contributed by atoms with van der Waals surface area (Å²) in [5.41, 5.74) is 1.19. The first-order chi connectivity index (χ1) is 7.42. The molecule has 0 fully saturated rings. The molecule has 0 radical (unpaired) electrons. The Morgan fingerprint density at radius 2 is 1.87 bits per heavy atom. The van der Waals surface area contributed by atoms with Crippen LogP contribution in [0, 0.1) is 0 Å². The van der Waals surface area contributed by atoms with Crippen LogP contribution in [-0.4, -0.2) is 6.61 Å². The van der Waals surface area contributed by atoms with Crippen LogP contribution in [0.25, 0.3) is 16.8 Å². The average Bonchev–Trinajstić information content (AvgIpc) is 2.30. The molecule has 76 valence electrons. The lowest BCUT2D eigenvalue weighted by Crippen LogP contribution is -1.96. The van der Waals surface area contributed by atoms with Gasteiger partial charge in [0.15, 0.2) is 0 Å². The van der Waals surface area contributed by atoms with Crippen LogP contribution >= 0.6 is 0 Å². The maximum absolute atomic E-state index is 4.95. The minimum Gasteiger partial charge on any atom is -0.300 e. The normalized spacial score (nSPS) is 11.3. The summed E-state index contributed by atoms with van der Waals surface area (Å²) in [5.74, 6) is 4.95. The lowest BCUT2D eigenvalue weighted by atomic mass is 10.0. The molecule has 0 aliphatic rings. The molecule has 0 aliphatic heterocycles. The summed E-state index contributed by atoms with van der Waals surface area (Å²) in [6, 6.07) is 14.5. The van der Waals surface area contributed by atoms with Gasteiger partial charge in [-0.05, 0) is 16.3 Å².